The van der Waals surface area contributed by atoms with Gasteiger partial charge < -0.3 is 13.7 Å². The van der Waals surface area contributed by atoms with E-state index in [1.165, 1.54) is 11.1 Å². The van der Waals surface area contributed by atoms with Crippen LogP contribution in [0.3, 0.4) is 0 Å². The van der Waals surface area contributed by atoms with Crippen LogP contribution in [0.15, 0.2) is 95.4 Å². The molecule has 6 rings (SSSR count). The molecule has 0 bridgehead atoms. The summed E-state index contributed by atoms with van der Waals surface area (Å²) in [6.07, 6.45) is 0. The first-order valence-electron chi connectivity index (χ1n) is 11.8. The molecule has 0 N–H and O–H groups in total. The van der Waals surface area contributed by atoms with Gasteiger partial charge in [0.05, 0.1) is 11.2 Å². The van der Waals surface area contributed by atoms with Crippen LogP contribution in [0.5, 0.6) is 0 Å². The van der Waals surface area contributed by atoms with Gasteiger partial charge in [-0.25, -0.2) is 0 Å². The lowest BCUT2D eigenvalue weighted by Crippen LogP contribution is -2.41. The number of furan rings is 1. The minimum Gasteiger partial charge on any atom is -0.456 e. The van der Waals surface area contributed by atoms with Crippen molar-refractivity contribution >= 4 is 34.5 Å². The van der Waals surface area contributed by atoms with E-state index in [0.29, 0.717) is 0 Å². The van der Waals surface area contributed by atoms with Gasteiger partial charge in [0.15, 0.2) is 0 Å². The fourth-order valence-electron chi connectivity index (χ4n) is 4.61. The van der Waals surface area contributed by atoms with Gasteiger partial charge in [0, 0.05) is 10.8 Å². The van der Waals surface area contributed by atoms with Crippen LogP contribution >= 0.6 is 0 Å². The third-order valence-corrected chi connectivity index (χ3v) is 7.32. The number of hydrogen-bond donors (Lipinski definition) is 0. The summed E-state index contributed by atoms with van der Waals surface area (Å²) >= 11 is 0. The molecular weight excluding hydrogens is 419 g/mol. The normalized spacial score (nSPS) is 17.0. The predicted molar refractivity (Wildman–Crippen MR) is 140 cm³/mol. The first-order valence-corrected chi connectivity index (χ1v) is 11.8. The molecule has 1 aliphatic heterocycles. The summed E-state index contributed by atoms with van der Waals surface area (Å²) in [6.45, 7) is 8.32. The first-order chi connectivity index (χ1) is 16.3. The SMILES string of the molecule is CC1(C)OB(c2cccc(-c3ccc4c(c3)oc3ccc(-c5ccccc5)cc34)c2)OC1(C)C. The third-order valence-electron chi connectivity index (χ3n) is 7.32. The van der Waals surface area contributed by atoms with E-state index in [2.05, 4.69) is 113 Å². The van der Waals surface area contributed by atoms with E-state index in [-0.39, 0.29) is 18.3 Å². The van der Waals surface area contributed by atoms with Gasteiger partial charge in [-0.2, -0.15) is 0 Å². The van der Waals surface area contributed by atoms with Gasteiger partial charge in [0.25, 0.3) is 0 Å². The highest BCUT2D eigenvalue weighted by molar-refractivity contribution is 6.62. The molecule has 2 heterocycles. The summed E-state index contributed by atoms with van der Waals surface area (Å²) in [7, 11) is -0.378. The monoisotopic (exact) mass is 446 g/mol. The predicted octanol–water partition coefficient (Wildman–Crippen LogP) is 7.22. The van der Waals surface area contributed by atoms with Crippen molar-refractivity contribution < 1.29 is 13.7 Å². The summed E-state index contributed by atoms with van der Waals surface area (Å²) < 4.78 is 18.8. The van der Waals surface area contributed by atoms with Gasteiger partial charge >= 0.3 is 7.12 Å². The molecule has 3 nitrogen and oxygen atoms in total. The van der Waals surface area contributed by atoms with E-state index < -0.39 is 0 Å². The molecule has 1 saturated heterocycles. The molecule has 1 fully saturated rings. The Labute approximate surface area is 200 Å². The van der Waals surface area contributed by atoms with Crippen molar-refractivity contribution in [1.82, 2.24) is 0 Å². The molecular formula is C30H27BO3. The Morgan fingerprint density at radius 1 is 0.529 bits per heavy atom. The van der Waals surface area contributed by atoms with E-state index in [4.69, 9.17) is 13.7 Å². The Morgan fingerprint density at radius 2 is 1.18 bits per heavy atom. The van der Waals surface area contributed by atoms with E-state index in [9.17, 15) is 0 Å². The lowest BCUT2D eigenvalue weighted by molar-refractivity contribution is 0.00578. The highest BCUT2D eigenvalue weighted by Gasteiger charge is 2.51. The molecule has 0 aliphatic carbocycles. The van der Waals surface area contributed by atoms with Crippen LogP contribution in [0.25, 0.3) is 44.2 Å². The summed E-state index contributed by atoms with van der Waals surface area (Å²) in [6, 6.07) is 31.7. The maximum absolute atomic E-state index is 6.26. The quantitative estimate of drug-likeness (QED) is 0.274. The van der Waals surface area contributed by atoms with Gasteiger partial charge in [-0.15, -0.1) is 0 Å². The van der Waals surface area contributed by atoms with Crippen molar-refractivity contribution in [3.05, 3.63) is 91.0 Å². The van der Waals surface area contributed by atoms with Crippen molar-refractivity contribution in [2.24, 2.45) is 0 Å². The Bertz CT molecular complexity index is 1500. The molecule has 0 spiro atoms. The van der Waals surface area contributed by atoms with Crippen molar-refractivity contribution in [2.45, 2.75) is 38.9 Å². The molecule has 0 saturated carbocycles. The fourth-order valence-corrected chi connectivity index (χ4v) is 4.61. The highest BCUT2D eigenvalue weighted by atomic mass is 16.7. The maximum atomic E-state index is 6.26. The Morgan fingerprint density at radius 3 is 1.94 bits per heavy atom. The summed E-state index contributed by atoms with van der Waals surface area (Å²) in [5.41, 5.74) is 6.70. The molecule has 0 atom stereocenters. The topological polar surface area (TPSA) is 31.6 Å². The van der Waals surface area contributed by atoms with E-state index >= 15 is 0 Å². The van der Waals surface area contributed by atoms with Crippen LogP contribution in [0.4, 0.5) is 0 Å². The minimum absolute atomic E-state index is 0.362. The number of rotatable bonds is 3. The highest BCUT2D eigenvalue weighted by Crippen LogP contribution is 2.37. The van der Waals surface area contributed by atoms with Crippen LogP contribution < -0.4 is 5.46 Å². The van der Waals surface area contributed by atoms with Crippen molar-refractivity contribution in [1.29, 1.82) is 0 Å². The molecule has 1 aromatic heterocycles. The summed E-state index contributed by atoms with van der Waals surface area (Å²) in [5.74, 6) is 0. The number of fused-ring (bicyclic) bond motifs is 3. The fraction of sp³-hybridized carbons (Fsp3) is 0.200. The zero-order valence-electron chi connectivity index (χ0n) is 20.0. The van der Waals surface area contributed by atoms with Crippen molar-refractivity contribution in [2.75, 3.05) is 0 Å². The molecule has 0 amide bonds. The molecule has 0 unspecified atom stereocenters. The van der Waals surface area contributed by atoms with Crippen LogP contribution in [-0.2, 0) is 9.31 Å². The zero-order valence-corrected chi connectivity index (χ0v) is 20.0. The minimum atomic E-state index is -0.378. The molecule has 5 aromatic rings. The van der Waals surface area contributed by atoms with E-state index in [1.807, 2.05) is 6.07 Å². The van der Waals surface area contributed by atoms with E-state index in [1.54, 1.807) is 0 Å². The average Bonchev–Trinajstić information content (AvgIpc) is 3.31. The van der Waals surface area contributed by atoms with E-state index in [0.717, 1.165) is 38.5 Å². The molecule has 1 aliphatic rings. The number of benzene rings is 4. The molecule has 4 aromatic carbocycles. The lowest BCUT2D eigenvalue weighted by Gasteiger charge is -2.32. The Hall–Kier alpha value is -3.34. The van der Waals surface area contributed by atoms with Crippen molar-refractivity contribution in [3.63, 3.8) is 0 Å². The van der Waals surface area contributed by atoms with Gasteiger partial charge in [0.2, 0.25) is 0 Å². The maximum Gasteiger partial charge on any atom is 0.494 e. The third kappa shape index (κ3) is 3.46. The van der Waals surface area contributed by atoms with Gasteiger partial charge in [-0.1, -0.05) is 66.7 Å². The summed E-state index contributed by atoms with van der Waals surface area (Å²) in [4.78, 5) is 0. The lowest BCUT2D eigenvalue weighted by atomic mass is 9.78. The Balaban J connectivity index is 1.37. The van der Waals surface area contributed by atoms with Crippen molar-refractivity contribution in [3.8, 4) is 22.3 Å². The largest absolute Gasteiger partial charge is 0.494 e. The average molecular weight is 446 g/mol. The number of hydrogen-bond acceptors (Lipinski definition) is 3. The first kappa shape index (κ1) is 21.2. The second kappa shape index (κ2) is 7.59. The molecule has 168 valence electrons. The van der Waals surface area contributed by atoms with Crippen LogP contribution in [0.2, 0.25) is 0 Å². The molecule has 0 radical (unpaired) electrons. The smallest absolute Gasteiger partial charge is 0.456 e. The molecule has 4 heteroatoms. The summed E-state index contributed by atoms with van der Waals surface area (Å²) in [5, 5.41) is 2.26. The second-order valence-electron chi connectivity index (χ2n) is 10.1. The Kier molecular flexibility index (Phi) is 4.74. The second-order valence-corrected chi connectivity index (χ2v) is 10.1. The molecule has 34 heavy (non-hydrogen) atoms. The van der Waals surface area contributed by atoms with Crippen LogP contribution in [0, 0.1) is 0 Å². The van der Waals surface area contributed by atoms with Gasteiger partial charge in [-0.3, -0.25) is 0 Å². The van der Waals surface area contributed by atoms with Crippen LogP contribution in [-0.4, -0.2) is 18.3 Å². The van der Waals surface area contributed by atoms with Gasteiger partial charge in [0.1, 0.15) is 11.2 Å². The van der Waals surface area contributed by atoms with Crippen LogP contribution in [0.1, 0.15) is 27.7 Å². The standard InChI is InChI=1S/C30H27BO3/c1-29(2)30(3,4)34-31(33-29)24-12-8-11-21(17-24)23-13-15-25-26-18-22(20-9-6-5-7-10-20)14-16-27(26)32-28(25)19-23/h5-19H,1-4H3. The van der Waals surface area contributed by atoms with Gasteiger partial charge in [-0.05, 0) is 79.7 Å². The zero-order chi connectivity index (χ0) is 23.5.